The molecule has 1 heterocycles. The van der Waals surface area contributed by atoms with Crippen LogP contribution >= 0.6 is 0 Å². The molecule has 0 saturated carbocycles. The van der Waals surface area contributed by atoms with Crippen LogP contribution in [0.5, 0.6) is 0 Å². The highest BCUT2D eigenvalue weighted by Gasteiger charge is 2.27. The van der Waals surface area contributed by atoms with Crippen LogP contribution < -0.4 is 10.6 Å². The number of hydrogen-bond donors (Lipinski definition) is 3. The summed E-state index contributed by atoms with van der Waals surface area (Å²) in [5, 5.41) is 5.67. The molecule has 2 atom stereocenters. The number of nitrogens with one attached hydrogen (secondary N) is 3. The Morgan fingerprint density at radius 1 is 1.15 bits per heavy atom. The van der Waals surface area contributed by atoms with E-state index < -0.39 is 6.04 Å². The van der Waals surface area contributed by atoms with Gasteiger partial charge in [0.25, 0.3) is 5.91 Å². The Balaban J connectivity index is 1.77. The summed E-state index contributed by atoms with van der Waals surface area (Å²) in [6.45, 7) is 5.86. The summed E-state index contributed by atoms with van der Waals surface area (Å²) in [5.74, 6) is -0.199. The van der Waals surface area contributed by atoms with Crippen molar-refractivity contribution >= 4 is 28.8 Å². The van der Waals surface area contributed by atoms with Crippen molar-refractivity contribution in [1.29, 1.82) is 0 Å². The fourth-order valence-electron chi connectivity index (χ4n) is 2.92. The number of hydrogen-bond acceptors (Lipinski definition) is 3. The molecule has 0 radical (unpaired) electrons. The summed E-state index contributed by atoms with van der Waals surface area (Å²) in [4.78, 5) is 32.9. The Bertz CT molecular complexity index is 930. The standard InChI is InChI=1S/C21H24N4O2/c1-4-14(3)18(24-19(26)15-9-7-8-13(2)12-15)20(27)25-21-22-16-10-5-6-11-17(16)23-21/h5-12,14,18H,4H2,1-3H3,(H,24,26)(H2,22,23,25,27)/t14-,18+/m1/s1. The van der Waals surface area contributed by atoms with Crippen molar-refractivity contribution in [3.63, 3.8) is 0 Å². The van der Waals surface area contributed by atoms with Crippen LogP contribution in [0.15, 0.2) is 48.5 Å². The van der Waals surface area contributed by atoms with Gasteiger partial charge >= 0.3 is 0 Å². The monoisotopic (exact) mass is 364 g/mol. The highest BCUT2D eigenvalue weighted by Crippen LogP contribution is 2.16. The zero-order chi connectivity index (χ0) is 19.4. The molecule has 2 aromatic carbocycles. The van der Waals surface area contributed by atoms with E-state index in [1.165, 1.54) is 0 Å². The predicted molar refractivity (Wildman–Crippen MR) is 107 cm³/mol. The number of carbonyl (C=O) groups is 2. The van der Waals surface area contributed by atoms with Crippen LogP contribution in [0.25, 0.3) is 11.0 Å². The molecule has 6 heteroatoms. The number of benzene rings is 2. The minimum absolute atomic E-state index is 0.0249. The van der Waals surface area contributed by atoms with Crippen LogP contribution in [0.3, 0.4) is 0 Å². The summed E-state index contributed by atoms with van der Waals surface area (Å²) >= 11 is 0. The molecule has 140 valence electrons. The number of imidazole rings is 1. The summed E-state index contributed by atoms with van der Waals surface area (Å²) in [5.41, 5.74) is 3.16. The lowest BCUT2D eigenvalue weighted by molar-refractivity contribution is -0.119. The van der Waals surface area contributed by atoms with E-state index in [0.717, 1.165) is 23.0 Å². The molecule has 0 bridgehead atoms. The molecule has 0 aliphatic carbocycles. The SMILES string of the molecule is CC[C@@H](C)[C@H](NC(=O)c1cccc(C)c1)C(=O)Nc1nc2ccccc2[nH]1. The number of nitrogens with zero attached hydrogens (tertiary/aromatic N) is 1. The number of amides is 2. The second kappa shape index (κ2) is 8.03. The first-order valence-corrected chi connectivity index (χ1v) is 9.11. The Kier molecular flexibility index (Phi) is 5.54. The molecular formula is C21H24N4O2. The fraction of sp³-hybridized carbons (Fsp3) is 0.286. The van der Waals surface area contributed by atoms with Crippen LogP contribution in [0.2, 0.25) is 0 Å². The van der Waals surface area contributed by atoms with Gasteiger partial charge in [-0.2, -0.15) is 0 Å². The van der Waals surface area contributed by atoms with E-state index in [1.54, 1.807) is 12.1 Å². The van der Waals surface area contributed by atoms with Crippen LogP contribution in [0, 0.1) is 12.8 Å². The van der Waals surface area contributed by atoms with Gasteiger partial charge in [0.05, 0.1) is 11.0 Å². The predicted octanol–water partition coefficient (Wildman–Crippen LogP) is 3.65. The van der Waals surface area contributed by atoms with Crippen molar-refractivity contribution in [3.05, 3.63) is 59.7 Å². The largest absolute Gasteiger partial charge is 0.340 e. The number of carbonyl (C=O) groups excluding carboxylic acids is 2. The molecule has 27 heavy (non-hydrogen) atoms. The first-order valence-electron chi connectivity index (χ1n) is 9.11. The van der Waals surface area contributed by atoms with E-state index >= 15 is 0 Å². The van der Waals surface area contributed by atoms with Gasteiger partial charge in [-0.25, -0.2) is 4.98 Å². The molecule has 1 aromatic heterocycles. The van der Waals surface area contributed by atoms with Gasteiger partial charge in [-0.1, -0.05) is 50.1 Å². The van der Waals surface area contributed by atoms with E-state index in [0.29, 0.717) is 11.5 Å². The van der Waals surface area contributed by atoms with Crippen molar-refractivity contribution < 1.29 is 9.59 Å². The van der Waals surface area contributed by atoms with Gasteiger partial charge in [0, 0.05) is 5.56 Å². The Labute approximate surface area is 158 Å². The molecule has 2 amide bonds. The van der Waals surface area contributed by atoms with Crippen molar-refractivity contribution in [2.24, 2.45) is 5.92 Å². The third-order valence-electron chi connectivity index (χ3n) is 4.69. The molecule has 0 fully saturated rings. The summed E-state index contributed by atoms with van der Waals surface area (Å²) in [6, 6.07) is 14.2. The van der Waals surface area contributed by atoms with Crippen molar-refractivity contribution in [1.82, 2.24) is 15.3 Å². The molecule has 3 rings (SSSR count). The van der Waals surface area contributed by atoms with Gasteiger partial charge in [0.2, 0.25) is 11.9 Å². The molecule has 6 nitrogen and oxygen atoms in total. The van der Waals surface area contributed by atoms with Gasteiger partial charge < -0.3 is 10.3 Å². The topological polar surface area (TPSA) is 86.9 Å². The van der Waals surface area contributed by atoms with Gasteiger partial charge in [0.15, 0.2) is 0 Å². The van der Waals surface area contributed by atoms with Crippen molar-refractivity contribution in [2.45, 2.75) is 33.2 Å². The molecule has 3 aromatic rings. The molecule has 0 spiro atoms. The van der Waals surface area contributed by atoms with E-state index in [2.05, 4.69) is 20.6 Å². The van der Waals surface area contributed by atoms with E-state index in [9.17, 15) is 9.59 Å². The van der Waals surface area contributed by atoms with Crippen LogP contribution in [-0.4, -0.2) is 27.8 Å². The fourth-order valence-corrected chi connectivity index (χ4v) is 2.92. The quantitative estimate of drug-likeness (QED) is 0.624. The minimum atomic E-state index is -0.656. The lowest BCUT2D eigenvalue weighted by Gasteiger charge is -2.23. The first kappa shape index (κ1) is 18.6. The Morgan fingerprint density at radius 2 is 1.93 bits per heavy atom. The highest BCUT2D eigenvalue weighted by molar-refractivity contribution is 6.01. The maximum atomic E-state index is 12.8. The smallest absolute Gasteiger partial charge is 0.251 e. The zero-order valence-corrected chi connectivity index (χ0v) is 15.7. The van der Waals surface area contributed by atoms with Crippen LogP contribution in [-0.2, 0) is 4.79 Å². The number of anilines is 1. The third kappa shape index (κ3) is 4.34. The molecule has 0 aliphatic rings. The van der Waals surface area contributed by atoms with Gasteiger partial charge in [-0.05, 0) is 37.1 Å². The summed E-state index contributed by atoms with van der Waals surface area (Å²) in [7, 11) is 0. The number of H-pyrrole nitrogens is 1. The second-order valence-electron chi connectivity index (χ2n) is 6.80. The van der Waals surface area contributed by atoms with E-state index in [-0.39, 0.29) is 17.7 Å². The maximum absolute atomic E-state index is 12.8. The van der Waals surface area contributed by atoms with Gasteiger partial charge in [0.1, 0.15) is 6.04 Å². The van der Waals surface area contributed by atoms with Gasteiger partial charge in [-0.3, -0.25) is 14.9 Å². The molecular weight excluding hydrogens is 340 g/mol. The summed E-state index contributed by atoms with van der Waals surface area (Å²) in [6.07, 6.45) is 0.756. The maximum Gasteiger partial charge on any atom is 0.251 e. The number of aromatic nitrogens is 2. The third-order valence-corrected chi connectivity index (χ3v) is 4.69. The number of fused-ring (bicyclic) bond motifs is 1. The van der Waals surface area contributed by atoms with Crippen molar-refractivity contribution in [3.8, 4) is 0 Å². The number of para-hydroxylation sites is 2. The van der Waals surface area contributed by atoms with Gasteiger partial charge in [-0.15, -0.1) is 0 Å². The van der Waals surface area contributed by atoms with Crippen LogP contribution in [0.1, 0.15) is 36.2 Å². The highest BCUT2D eigenvalue weighted by atomic mass is 16.2. The van der Waals surface area contributed by atoms with Crippen molar-refractivity contribution in [2.75, 3.05) is 5.32 Å². The lowest BCUT2D eigenvalue weighted by Crippen LogP contribution is -2.47. The van der Waals surface area contributed by atoms with Crippen LogP contribution in [0.4, 0.5) is 5.95 Å². The lowest BCUT2D eigenvalue weighted by atomic mass is 9.97. The number of aryl methyl sites for hydroxylation is 1. The molecule has 0 unspecified atom stereocenters. The average Bonchev–Trinajstić information content (AvgIpc) is 3.07. The Hall–Kier alpha value is -3.15. The first-order chi connectivity index (χ1) is 13.0. The molecule has 0 saturated heterocycles. The summed E-state index contributed by atoms with van der Waals surface area (Å²) < 4.78 is 0. The molecule has 3 N–H and O–H groups in total. The zero-order valence-electron chi connectivity index (χ0n) is 15.7. The molecule has 0 aliphatic heterocycles. The minimum Gasteiger partial charge on any atom is -0.340 e. The number of rotatable bonds is 6. The number of aromatic amines is 1. The second-order valence-corrected chi connectivity index (χ2v) is 6.80. The normalized spacial score (nSPS) is 13.1. The Morgan fingerprint density at radius 3 is 2.63 bits per heavy atom. The van der Waals surface area contributed by atoms with E-state index in [4.69, 9.17) is 0 Å². The van der Waals surface area contributed by atoms with E-state index in [1.807, 2.05) is 57.2 Å². The average molecular weight is 364 g/mol.